The van der Waals surface area contributed by atoms with Crippen LogP contribution in [0.25, 0.3) is 0 Å². The fourth-order valence-electron chi connectivity index (χ4n) is 4.01. The Labute approximate surface area is 201 Å². The molecule has 0 saturated carbocycles. The molecule has 0 aliphatic carbocycles. The zero-order valence-corrected chi connectivity index (χ0v) is 19.1. The van der Waals surface area contributed by atoms with Crippen LogP contribution in [0.3, 0.4) is 0 Å². The summed E-state index contributed by atoms with van der Waals surface area (Å²) in [7, 11) is 1.98. The monoisotopic (exact) mass is 525 g/mol. The van der Waals surface area contributed by atoms with Crippen molar-refractivity contribution in [1.29, 1.82) is 0 Å². The molecule has 2 aromatic heterocycles. The van der Waals surface area contributed by atoms with E-state index in [9.17, 15) is 26.3 Å². The summed E-state index contributed by atoms with van der Waals surface area (Å²) in [6.45, 7) is 6.99. The first-order valence-electron chi connectivity index (χ1n) is 10.6. The topological polar surface area (TPSA) is 112 Å². The van der Waals surface area contributed by atoms with Gasteiger partial charge in [-0.25, -0.2) is 9.59 Å². The molecule has 2 unspecified atom stereocenters. The van der Waals surface area contributed by atoms with E-state index in [0.717, 1.165) is 24.9 Å². The van der Waals surface area contributed by atoms with Gasteiger partial charge >= 0.3 is 24.3 Å². The number of halogens is 6. The number of aromatic nitrogens is 3. The predicted molar refractivity (Wildman–Crippen MR) is 112 cm³/mol. The maximum atomic E-state index is 10.6. The number of fused-ring (bicyclic) bond motifs is 1. The lowest BCUT2D eigenvalue weighted by atomic mass is 10.0. The molecule has 2 aromatic rings. The van der Waals surface area contributed by atoms with E-state index in [4.69, 9.17) is 19.8 Å². The van der Waals surface area contributed by atoms with Crippen LogP contribution >= 0.6 is 0 Å². The first kappa shape index (κ1) is 29.0. The van der Waals surface area contributed by atoms with Gasteiger partial charge in [0.05, 0.1) is 6.20 Å². The summed E-state index contributed by atoms with van der Waals surface area (Å²) in [6, 6.07) is 4.21. The number of aliphatic carboxylic acids is 2. The first-order chi connectivity index (χ1) is 16.6. The van der Waals surface area contributed by atoms with Crippen molar-refractivity contribution in [1.82, 2.24) is 24.6 Å². The van der Waals surface area contributed by atoms with Crippen LogP contribution in [0.5, 0.6) is 0 Å². The number of aryl methyl sites for hydroxylation is 1. The molecular weight excluding hydrogens is 500 g/mol. The molecule has 0 radical (unpaired) electrons. The fourth-order valence-corrected chi connectivity index (χ4v) is 4.01. The van der Waals surface area contributed by atoms with Crippen molar-refractivity contribution < 1.29 is 46.1 Å². The fraction of sp³-hybridized carbons (Fsp3) is 0.524. The van der Waals surface area contributed by atoms with Gasteiger partial charge < -0.3 is 10.2 Å². The molecule has 200 valence electrons. The van der Waals surface area contributed by atoms with Crippen molar-refractivity contribution >= 4 is 11.9 Å². The maximum absolute atomic E-state index is 10.6. The lowest BCUT2D eigenvalue weighted by Gasteiger charge is -2.20. The first-order valence-corrected chi connectivity index (χ1v) is 10.6. The van der Waals surface area contributed by atoms with Gasteiger partial charge in [0.15, 0.2) is 0 Å². The van der Waals surface area contributed by atoms with E-state index in [1.807, 2.05) is 36.4 Å². The number of rotatable bonds is 4. The van der Waals surface area contributed by atoms with Gasteiger partial charge in [-0.05, 0) is 23.5 Å². The van der Waals surface area contributed by atoms with Crippen LogP contribution in [0.2, 0.25) is 0 Å². The van der Waals surface area contributed by atoms with E-state index in [1.54, 1.807) is 0 Å². The second kappa shape index (κ2) is 12.2. The quantitative estimate of drug-likeness (QED) is 0.587. The molecule has 15 heteroatoms. The van der Waals surface area contributed by atoms with Crippen LogP contribution in [0.15, 0.2) is 36.9 Å². The van der Waals surface area contributed by atoms with E-state index in [1.165, 1.54) is 37.3 Å². The number of pyridine rings is 1. The molecule has 0 spiro atoms. The lowest BCUT2D eigenvalue weighted by Crippen LogP contribution is -2.28. The average Bonchev–Trinajstić information content (AvgIpc) is 3.43. The van der Waals surface area contributed by atoms with Crippen molar-refractivity contribution in [2.75, 3.05) is 26.2 Å². The molecule has 0 bridgehead atoms. The SMILES string of the molecule is Cn1cc(CN2CC3CN(Cc4cccnc4)CC3C2)cn1.O=C(O)C(F)(F)F.O=C(O)C(F)(F)F. The van der Waals surface area contributed by atoms with E-state index in [-0.39, 0.29) is 0 Å². The van der Waals surface area contributed by atoms with Crippen molar-refractivity contribution in [2.24, 2.45) is 18.9 Å². The number of carboxylic acid groups (broad SMARTS) is 2. The van der Waals surface area contributed by atoms with Crippen LogP contribution in [0.1, 0.15) is 11.1 Å². The standard InChI is InChI=1S/C17H23N5.2C2HF3O2/c1-20-7-15(6-19-20)9-22-12-16-10-21(11-17(16)13-22)8-14-3-2-4-18-5-14;2*3-2(4,5)1(6)7/h2-7,16-17H,8-13H2,1H3;2*(H,6,7). The van der Waals surface area contributed by atoms with Crippen molar-refractivity contribution in [2.45, 2.75) is 25.4 Å². The highest BCUT2D eigenvalue weighted by molar-refractivity contribution is 5.73. The smallest absolute Gasteiger partial charge is 0.475 e. The van der Waals surface area contributed by atoms with Gasteiger partial charge in [-0.3, -0.25) is 19.5 Å². The highest BCUT2D eigenvalue weighted by Gasteiger charge is 2.40. The van der Waals surface area contributed by atoms with Gasteiger partial charge in [0.25, 0.3) is 0 Å². The molecule has 4 rings (SSSR count). The second-order valence-corrected chi connectivity index (χ2v) is 8.40. The number of carbonyl (C=O) groups is 2. The van der Waals surface area contributed by atoms with Gasteiger partial charge in [-0.15, -0.1) is 0 Å². The van der Waals surface area contributed by atoms with Crippen molar-refractivity contribution in [3.63, 3.8) is 0 Å². The van der Waals surface area contributed by atoms with Gasteiger partial charge in [0.2, 0.25) is 0 Å². The summed E-state index contributed by atoms with van der Waals surface area (Å²) in [5.41, 5.74) is 2.66. The van der Waals surface area contributed by atoms with E-state index < -0.39 is 24.3 Å². The minimum Gasteiger partial charge on any atom is -0.475 e. The molecule has 2 saturated heterocycles. The summed E-state index contributed by atoms with van der Waals surface area (Å²) in [6.07, 6.45) is -2.22. The Balaban J connectivity index is 0.000000271. The highest BCUT2D eigenvalue weighted by Crippen LogP contribution is 2.32. The Kier molecular flexibility index (Phi) is 9.81. The van der Waals surface area contributed by atoms with Crippen LogP contribution in [-0.4, -0.2) is 85.2 Å². The zero-order valence-electron chi connectivity index (χ0n) is 19.1. The van der Waals surface area contributed by atoms with Gasteiger partial charge in [-0.1, -0.05) is 6.07 Å². The summed E-state index contributed by atoms with van der Waals surface area (Å²) >= 11 is 0. The largest absolute Gasteiger partial charge is 0.490 e. The number of carboxylic acids is 2. The highest BCUT2D eigenvalue weighted by atomic mass is 19.4. The minimum atomic E-state index is -5.08. The summed E-state index contributed by atoms with van der Waals surface area (Å²) < 4.78 is 65.4. The zero-order chi connectivity index (χ0) is 27.1. The van der Waals surface area contributed by atoms with Crippen molar-refractivity contribution in [3.05, 3.63) is 48.0 Å². The molecular formula is C21H25F6N5O4. The molecule has 4 heterocycles. The molecule has 0 aromatic carbocycles. The van der Waals surface area contributed by atoms with E-state index in [0.29, 0.717) is 0 Å². The Bertz CT molecular complexity index is 961. The van der Waals surface area contributed by atoms with Crippen LogP contribution in [0.4, 0.5) is 26.3 Å². The molecule has 0 amide bonds. The molecule has 2 N–H and O–H groups in total. The third-order valence-corrected chi connectivity index (χ3v) is 5.42. The molecule has 2 aliphatic heterocycles. The second-order valence-electron chi connectivity index (χ2n) is 8.40. The van der Waals surface area contributed by atoms with Gasteiger partial charge in [0, 0.05) is 70.5 Å². The number of hydrogen-bond donors (Lipinski definition) is 2. The molecule has 2 atom stereocenters. The van der Waals surface area contributed by atoms with Gasteiger partial charge in [0.1, 0.15) is 0 Å². The predicted octanol–water partition coefficient (Wildman–Crippen LogP) is 2.65. The van der Waals surface area contributed by atoms with Crippen LogP contribution in [0, 0.1) is 11.8 Å². The lowest BCUT2D eigenvalue weighted by molar-refractivity contribution is -0.193. The van der Waals surface area contributed by atoms with E-state index >= 15 is 0 Å². The third kappa shape index (κ3) is 9.45. The van der Waals surface area contributed by atoms with E-state index in [2.05, 4.69) is 32.1 Å². The minimum absolute atomic E-state index is 0.827. The van der Waals surface area contributed by atoms with Crippen LogP contribution < -0.4 is 0 Å². The Morgan fingerprint density at radius 1 is 0.889 bits per heavy atom. The Hall–Kier alpha value is -3.20. The van der Waals surface area contributed by atoms with Gasteiger partial charge in [-0.2, -0.15) is 31.4 Å². The molecule has 2 fully saturated rings. The normalized spacial score (nSPS) is 20.1. The third-order valence-electron chi connectivity index (χ3n) is 5.42. The Morgan fingerprint density at radius 2 is 1.33 bits per heavy atom. The summed E-state index contributed by atoms with van der Waals surface area (Å²) in [5, 5.41) is 18.5. The number of alkyl halides is 6. The number of nitrogens with zero attached hydrogens (tertiary/aromatic N) is 5. The number of hydrogen-bond acceptors (Lipinski definition) is 6. The molecule has 2 aliphatic rings. The van der Waals surface area contributed by atoms with Crippen molar-refractivity contribution in [3.8, 4) is 0 Å². The Morgan fingerprint density at radius 3 is 1.67 bits per heavy atom. The molecule has 9 nitrogen and oxygen atoms in total. The maximum Gasteiger partial charge on any atom is 0.490 e. The molecule has 36 heavy (non-hydrogen) atoms. The number of likely N-dealkylation sites (tertiary alicyclic amines) is 2. The summed E-state index contributed by atoms with van der Waals surface area (Å²) in [5.74, 6) is -3.86. The van der Waals surface area contributed by atoms with Crippen LogP contribution in [-0.2, 0) is 29.7 Å². The summed E-state index contributed by atoms with van der Waals surface area (Å²) in [4.78, 5) is 27.2. The average molecular weight is 525 g/mol.